The van der Waals surface area contributed by atoms with E-state index in [4.69, 9.17) is 21.1 Å². The van der Waals surface area contributed by atoms with Crippen LogP contribution in [0.25, 0.3) is 11.3 Å². The SMILES string of the molecule is CO[C@@H]1[C@@H](n2cc(-c3cc(F)c(F)c(F)c3)nn2)[C@@H](O)[C@@H](CO)O[C@H]1C(=O)N(c1cc(F)cc(Cl)c1)[C@H]1CCCC[C@@H]1O. The fourth-order valence-electron chi connectivity index (χ4n) is 5.81. The van der Waals surface area contributed by atoms with Gasteiger partial charge in [0, 0.05) is 23.4 Å². The number of aliphatic hydroxyl groups excluding tert-OH is 3. The van der Waals surface area contributed by atoms with E-state index in [1.807, 2.05) is 0 Å². The highest BCUT2D eigenvalue weighted by Gasteiger charge is 2.52. The molecule has 2 aliphatic rings. The van der Waals surface area contributed by atoms with Gasteiger partial charge in [-0.05, 0) is 43.2 Å². The van der Waals surface area contributed by atoms with Gasteiger partial charge in [-0.2, -0.15) is 0 Å². The molecule has 10 nitrogen and oxygen atoms in total. The van der Waals surface area contributed by atoms with Crippen molar-refractivity contribution in [3.8, 4) is 11.3 Å². The van der Waals surface area contributed by atoms with Gasteiger partial charge >= 0.3 is 0 Å². The Bertz CT molecular complexity index is 1440. The molecule has 1 aliphatic heterocycles. The maximum atomic E-state index is 14.5. The van der Waals surface area contributed by atoms with Gasteiger partial charge in [0.15, 0.2) is 23.6 Å². The lowest BCUT2D eigenvalue weighted by Crippen LogP contribution is -2.63. The third-order valence-electron chi connectivity index (χ3n) is 7.87. The van der Waals surface area contributed by atoms with E-state index < -0.39 is 78.4 Å². The molecule has 3 aromatic rings. The predicted molar refractivity (Wildman–Crippen MR) is 144 cm³/mol. The first-order valence-electron chi connectivity index (χ1n) is 13.5. The Morgan fingerprint density at radius 3 is 2.44 bits per heavy atom. The molecular formula is C28H29ClF4N4O6. The molecule has 2 aromatic carbocycles. The van der Waals surface area contributed by atoms with E-state index in [9.17, 15) is 37.7 Å². The first-order chi connectivity index (χ1) is 20.5. The number of nitrogens with zero attached hydrogens (tertiary/aromatic N) is 4. The quantitative estimate of drug-likeness (QED) is 0.269. The molecule has 1 aliphatic carbocycles. The summed E-state index contributed by atoms with van der Waals surface area (Å²) in [5, 5.41) is 39.9. The summed E-state index contributed by atoms with van der Waals surface area (Å²) >= 11 is 6.12. The molecule has 43 heavy (non-hydrogen) atoms. The van der Waals surface area contributed by atoms with Crippen LogP contribution in [0.15, 0.2) is 36.5 Å². The molecule has 0 unspecified atom stereocenters. The minimum atomic E-state index is -1.66. The Balaban J connectivity index is 1.55. The Labute approximate surface area is 248 Å². The largest absolute Gasteiger partial charge is 0.394 e. The zero-order valence-corrected chi connectivity index (χ0v) is 23.5. The van der Waals surface area contributed by atoms with Gasteiger partial charge in [0.2, 0.25) is 0 Å². The number of amides is 1. The van der Waals surface area contributed by atoms with E-state index in [0.29, 0.717) is 19.3 Å². The molecular weight excluding hydrogens is 600 g/mol. The van der Waals surface area contributed by atoms with Crippen LogP contribution in [0.1, 0.15) is 31.7 Å². The molecule has 0 radical (unpaired) electrons. The number of hydrogen-bond acceptors (Lipinski definition) is 8. The predicted octanol–water partition coefficient (Wildman–Crippen LogP) is 3.17. The molecule has 7 atom stereocenters. The lowest BCUT2D eigenvalue weighted by Gasteiger charge is -2.46. The molecule has 0 bridgehead atoms. The summed E-state index contributed by atoms with van der Waals surface area (Å²) in [5.41, 5.74) is -0.174. The molecule has 2 heterocycles. The maximum absolute atomic E-state index is 14.5. The number of rotatable bonds is 7. The van der Waals surface area contributed by atoms with Crippen LogP contribution < -0.4 is 4.90 Å². The highest BCUT2D eigenvalue weighted by atomic mass is 35.5. The summed E-state index contributed by atoms with van der Waals surface area (Å²) in [5.74, 6) is -6.03. The van der Waals surface area contributed by atoms with E-state index in [2.05, 4.69) is 10.3 Å². The summed E-state index contributed by atoms with van der Waals surface area (Å²) in [4.78, 5) is 15.5. The van der Waals surface area contributed by atoms with Gasteiger partial charge in [-0.25, -0.2) is 22.2 Å². The Morgan fingerprint density at radius 1 is 1.12 bits per heavy atom. The topological polar surface area (TPSA) is 130 Å². The van der Waals surface area contributed by atoms with Crippen molar-refractivity contribution in [1.29, 1.82) is 0 Å². The average molecular weight is 629 g/mol. The number of aromatic nitrogens is 3. The number of carbonyl (C=O) groups is 1. The molecule has 1 amide bonds. The second-order valence-electron chi connectivity index (χ2n) is 10.6. The summed E-state index contributed by atoms with van der Waals surface area (Å²) in [6.45, 7) is -0.730. The van der Waals surface area contributed by atoms with Crippen molar-refractivity contribution in [1.82, 2.24) is 15.0 Å². The number of anilines is 1. The van der Waals surface area contributed by atoms with Crippen LogP contribution in [0.3, 0.4) is 0 Å². The first-order valence-corrected chi connectivity index (χ1v) is 13.9. The van der Waals surface area contributed by atoms with E-state index in [1.54, 1.807) is 0 Å². The fraction of sp³-hybridized carbons (Fsp3) is 0.464. The van der Waals surface area contributed by atoms with Gasteiger partial charge in [0.25, 0.3) is 5.91 Å². The lowest BCUT2D eigenvalue weighted by molar-refractivity contribution is -0.211. The van der Waals surface area contributed by atoms with Crippen LogP contribution in [0.4, 0.5) is 23.2 Å². The van der Waals surface area contributed by atoms with E-state index in [1.165, 1.54) is 24.3 Å². The van der Waals surface area contributed by atoms with Crippen LogP contribution in [-0.4, -0.2) is 86.5 Å². The van der Waals surface area contributed by atoms with E-state index >= 15 is 0 Å². The van der Waals surface area contributed by atoms with Crippen LogP contribution in [0.5, 0.6) is 0 Å². The molecule has 15 heteroatoms. The van der Waals surface area contributed by atoms with Crippen molar-refractivity contribution in [3.63, 3.8) is 0 Å². The number of carbonyl (C=O) groups excluding carboxylic acids is 1. The normalized spacial score (nSPS) is 27.7. The zero-order chi connectivity index (χ0) is 31.0. The molecule has 232 valence electrons. The number of aliphatic hydroxyl groups is 3. The van der Waals surface area contributed by atoms with Crippen LogP contribution in [0, 0.1) is 23.3 Å². The number of hydrogen-bond donors (Lipinski definition) is 3. The van der Waals surface area contributed by atoms with Gasteiger partial charge in [0.05, 0.1) is 24.9 Å². The molecule has 5 rings (SSSR count). The average Bonchev–Trinajstić information content (AvgIpc) is 3.45. The second-order valence-corrected chi connectivity index (χ2v) is 11.0. The highest BCUT2D eigenvalue weighted by Crippen LogP contribution is 2.37. The van der Waals surface area contributed by atoms with Crippen molar-refractivity contribution in [2.24, 2.45) is 0 Å². The lowest BCUT2D eigenvalue weighted by atomic mass is 9.88. The summed E-state index contributed by atoms with van der Waals surface area (Å²) < 4.78 is 68.3. The standard InChI is InChI=1S/C28H29ClF4N4O6/c1-42-26-24(36-11-19(34-35-36)13-6-17(31)23(33)18(32)7-13)25(40)22(12-38)43-27(26)28(41)37(20-4-2-3-5-21(20)39)16-9-14(29)8-15(30)10-16/h6-11,20-22,24-27,38-40H,2-5,12H2,1H3/t20-,21-,22+,24-,25-,26+,27+/m0/s1. The number of methoxy groups -OCH3 is 1. The van der Waals surface area contributed by atoms with Crippen molar-refractivity contribution in [2.75, 3.05) is 18.6 Å². The van der Waals surface area contributed by atoms with Gasteiger partial charge < -0.3 is 29.7 Å². The molecule has 1 saturated heterocycles. The number of halogens is 5. The maximum Gasteiger partial charge on any atom is 0.259 e. The smallest absolute Gasteiger partial charge is 0.259 e. The van der Waals surface area contributed by atoms with Crippen LogP contribution >= 0.6 is 11.6 Å². The molecule has 0 spiro atoms. The fourth-order valence-corrected chi connectivity index (χ4v) is 6.02. The number of benzene rings is 2. The van der Waals surface area contributed by atoms with Crippen molar-refractivity contribution >= 4 is 23.2 Å². The second kappa shape index (κ2) is 12.8. The Kier molecular flexibility index (Phi) is 9.34. The number of ether oxygens (including phenoxy) is 2. The van der Waals surface area contributed by atoms with Crippen molar-refractivity contribution in [3.05, 3.63) is 64.8 Å². The van der Waals surface area contributed by atoms with Crippen LogP contribution in [0.2, 0.25) is 5.02 Å². The summed E-state index contributed by atoms with van der Waals surface area (Å²) in [6.07, 6.45) is -3.24. The van der Waals surface area contributed by atoms with Crippen molar-refractivity contribution < 1.29 is 47.1 Å². The molecule has 3 N–H and O–H groups in total. The minimum absolute atomic E-state index is 0.0105. The first kappa shape index (κ1) is 31.3. The van der Waals surface area contributed by atoms with Gasteiger partial charge in [-0.15, -0.1) is 5.10 Å². The molecule has 2 fully saturated rings. The Hall–Kier alpha value is -3.14. The highest BCUT2D eigenvalue weighted by molar-refractivity contribution is 6.31. The zero-order valence-electron chi connectivity index (χ0n) is 22.8. The summed E-state index contributed by atoms with van der Waals surface area (Å²) in [6, 6.07) is 2.96. The van der Waals surface area contributed by atoms with Crippen LogP contribution in [-0.2, 0) is 14.3 Å². The third kappa shape index (κ3) is 6.12. The van der Waals surface area contributed by atoms with Gasteiger partial charge in [-0.3, -0.25) is 4.79 Å². The minimum Gasteiger partial charge on any atom is -0.394 e. The Morgan fingerprint density at radius 2 is 1.81 bits per heavy atom. The van der Waals surface area contributed by atoms with Crippen molar-refractivity contribution in [2.45, 2.75) is 68.3 Å². The van der Waals surface area contributed by atoms with Gasteiger partial charge in [0.1, 0.15) is 35.9 Å². The third-order valence-corrected chi connectivity index (χ3v) is 8.08. The molecule has 1 aromatic heterocycles. The molecule has 1 saturated carbocycles. The van der Waals surface area contributed by atoms with Gasteiger partial charge in [-0.1, -0.05) is 29.7 Å². The summed E-state index contributed by atoms with van der Waals surface area (Å²) in [7, 11) is 1.24. The van der Waals surface area contributed by atoms with E-state index in [0.717, 1.165) is 35.4 Å². The van der Waals surface area contributed by atoms with E-state index in [-0.39, 0.29) is 22.0 Å². The monoisotopic (exact) mass is 628 g/mol.